The summed E-state index contributed by atoms with van der Waals surface area (Å²) in [4.78, 5) is 2.41. The first kappa shape index (κ1) is 12.8. The van der Waals surface area contributed by atoms with Crippen molar-refractivity contribution in [3.63, 3.8) is 0 Å². The van der Waals surface area contributed by atoms with Crippen molar-refractivity contribution in [3.8, 4) is 11.5 Å². The largest absolute Gasteiger partial charge is 0.493 e. The first-order chi connectivity index (χ1) is 9.22. The Labute approximate surface area is 114 Å². The van der Waals surface area contributed by atoms with Gasteiger partial charge in [-0.25, -0.2) is 0 Å². The average molecular weight is 263 g/mol. The van der Waals surface area contributed by atoms with Crippen molar-refractivity contribution in [1.82, 2.24) is 4.90 Å². The Morgan fingerprint density at radius 3 is 2.68 bits per heavy atom. The Morgan fingerprint density at radius 1 is 1.21 bits per heavy atom. The van der Waals surface area contributed by atoms with Crippen LogP contribution in [0.1, 0.15) is 30.5 Å². The second-order valence-electron chi connectivity index (χ2n) is 5.33. The van der Waals surface area contributed by atoms with E-state index in [1.165, 1.54) is 11.1 Å². The van der Waals surface area contributed by atoms with Gasteiger partial charge in [-0.1, -0.05) is 0 Å². The van der Waals surface area contributed by atoms with E-state index in [1.807, 2.05) is 0 Å². The number of hydrogen-bond donors (Lipinski definition) is 0. The first-order valence-electron chi connectivity index (χ1n) is 6.83. The van der Waals surface area contributed by atoms with Crippen LogP contribution < -0.4 is 9.47 Å². The summed E-state index contributed by atoms with van der Waals surface area (Å²) in [5.74, 6) is 1.65. The van der Waals surface area contributed by atoms with Crippen molar-refractivity contribution < 1.29 is 14.2 Å². The molecular formula is C15H21NO3. The lowest BCUT2D eigenvalue weighted by atomic mass is 9.88. The van der Waals surface area contributed by atoms with Crippen LogP contribution in [0, 0.1) is 0 Å². The third-order valence-electron chi connectivity index (χ3n) is 4.19. The molecule has 0 amide bonds. The normalized spacial score (nSPS) is 26.5. The fourth-order valence-corrected chi connectivity index (χ4v) is 3.12. The molecule has 0 aliphatic carbocycles. The number of hydrogen-bond acceptors (Lipinski definition) is 4. The number of benzene rings is 1. The molecule has 3 rings (SSSR count). The third kappa shape index (κ3) is 2.19. The molecule has 0 spiro atoms. The van der Waals surface area contributed by atoms with Gasteiger partial charge in [0.1, 0.15) is 0 Å². The van der Waals surface area contributed by atoms with E-state index in [-0.39, 0.29) is 0 Å². The Hall–Kier alpha value is -1.26. The molecule has 1 saturated heterocycles. The van der Waals surface area contributed by atoms with Gasteiger partial charge in [-0.05, 0) is 43.0 Å². The van der Waals surface area contributed by atoms with E-state index in [0.717, 1.165) is 37.6 Å². The molecule has 2 aliphatic rings. The summed E-state index contributed by atoms with van der Waals surface area (Å²) in [6, 6.07) is 4.72. The monoisotopic (exact) mass is 263 g/mol. The van der Waals surface area contributed by atoms with Gasteiger partial charge in [0.05, 0.1) is 27.1 Å². The third-order valence-corrected chi connectivity index (χ3v) is 4.19. The smallest absolute Gasteiger partial charge is 0.161 e. The van der Waals surface area contributed by atoms with Gasteiger partial charge < -0.3 is 14.2 Å². The van der Waals surface area contributed by atoms with Crippen LogP contribution >= 0.6 is 0 Å². The lowest BCUT2D eigenvalue weighted by Crippen LogP contribution is -2.43. The van der Waals surface area contributed by atoms with Crippen LogP contribution in [0.15, 0.2) is 12.1 Å². The minimum absolute atomic E-state index is 0.320. The maximum Gasteiger partial charge on any atom is 0.161 e. The minimum Gasteiger partial charge on any atom is -0.493 e. The molecule has 0 unspecified atom stereocenters. The maximum absolute atomic E-state index is 5.73. The highest BCUT2D eigenvalue weighted by Crippen LogP contribution is 2.41. The van der Waals surface area contributed by atoms with Crippen molar-refractivity contribution >= 4 is 0 Å². The van der Waals surface area contributed by atoms with Crippen LogP contribution in [-0.4, -0.2) is 38.5 Å². The second kappa shape index (κ2) is 5.02. The van der Waals surface area contributed by atoms with Crippen molar-refractivity contribution in [1.29, 1.82) is 0 Å². The highest BCUT2D eigenvalue weighted by molar-refractivity contribution is 5.49. The summed E-state index contributed by atoms with van der Waals surface area (Å²) < 4.78 is 16.6. The molecule has 1 aromatic carbocycles. The summed E-state index contributed by atoms with van der Waals surface area (Å²) in [5.41, 5.74) is 2.76. The van der Waals surface area contributed by atoms with Gasteiger partial charge in [-0.15, -0.1) is 0 Å². The van der Waals surface area contributed by atoms with Crippen LogP contribution in [0.4, 0.5) is 0 Å². The highest BCUT2D eigenvalue weighted by atomic mass is 16.5. The molecule has 0 saturated carbocycles. The molecule has 4 heteroatoms. The first-order valence-corrected chi connectivity index (χ1v) is 6.83. The highest BCUT2D eigenvalue weighted by Gasteiger charge is 2.33. The second-order valence-corrected chi connectivity index (χ2v) is 5.33. The van der Waals surface area contributed by atoms with Gasteiger partial charge >= 0.3 is 0 Å². The summed E-state index contributed by atoms with van der Waals surface area (Å²) in [5, 5.41) is 0. The molecule has 4 nitrogen and oxygen atoms in total. The quantitative estimate of drug-likeness (QED) is 0.819. The van der Waals surface area contributed by atoms with Gasteiger partial charge in [-0.3, -0.25) is 4.90 Å². The molecule has 0 N–H and O–H groups in total. The molecular weight excluding hydrogens is 242 g/mol. The topological polar surface area (TPSA) is 30.9 Å². The zero-order valence-electron chi connectivity index (χ0n) is 11.8. The van der Waals surface area contributed by atoms with Crippen LogP contribution in [0.5, 0.6) is 11.5 Å². The van der Waals surface area contributed by atoms with Crippen LogP contribution in [0.3, 0.4) is 0 Å². The molecule has 19 heavy (non-hydrogen) atoms. The van der Waals surface area contributed by atoms with Crippen molar-refractivity contribution in [3.05, 3.63) is 23.3 Å². The van der Waals surface area contributed by atoms with Gasteiger partial charge in [-0.2, -0.15) is 0 Å². The molecule has 104 valence electrons. The molecule has 2 atom stereocenters. The fraction of sp³-hybridized carbons (Fsp3) is 0.600. The fourth-order valence-electron chi connectivity index (χ4n) is 3.12. The molecule has 0 radical (unpaired) electrons. The predicted octanol–water partition coefficient (Wildman–Crippen LogP) is 2.37. The van der Waals surface area contributed by atoms with Gasteiger partial charge in [0.15, 0.2) is 11.5 Å². The zero-order valence-corrected chi connectivity index (χ0v) is 11.8. The molecule has 2 heterocycles. The Balaban J connectivity index is 2.01. The van der Waals surface area contributed by atoms with E-state index in [4.69, 9.17) is 14.2 Å². The number of rotatable bonds is 2. The van der Waals surface area contributed by atoms with Crippen LogP contribution in [0.25, 0.3) is 0 Å². The summed E-state index contributed by atoms with van der Waals surface area (Å²) >= 11 is 0. The standard InChI is InChI=1S/C15H21NO3/c1-10-6-13-12-8-15(18-3)14(17-2)7-11(12)4-5-16(13)9-19-10/h7-8,10,13H,4-6,9H2,1-3H3/t10-,13+/m0/s1. The van der Waals surface area contributed by atoms with Crippen molar-refractivity contribution in [2.45, 2.75) is 31.9 Å². The molecule has 1 fully saturated rings. The van der Waals surface area contributed by atoms with Gasteiger partial charge in [0.25, 0.3) is 0 Å². The summed E-state index contributed by atoms with van der Waals surface area (Å²) in [6.45, 7) is 3.94. The van der Waals surface area contributed by atoms with Gasteiger partial charge in [0, 0.05) is 12.6 Å². The minimum atomic E-state index is 0.320. The van der Waals surface area contributed by atoms with Crippen molar-refractivity contribution in [2.75, 3.05) is 27.5 Å². The number of methoxy groups -OCH3 is 2. The molecule has 1 aromatic rings. The Bertz CT molecular complexity index is 475. The van der Waals surface area contributed by atoms with E-state index < -0.39 is 0 Å². The van der Waals surface area contributed by atoms with E-state index in [2.05, 4.69) is 24.0 Å². The SMILES string of the molecule is COc1cc2c(cc1OC)[C@H]1C[C@H](C)OCN1CC2. The predicted molar refractivity (Wildman–Crippen MR) is 72.7 cm³/mol. The average Bonchev–Trinajstić information content (AvgIpc) is 2.45. The number of ether oxygens (including phenoxy) is 3. The maximum atomic E-state index is 5.73. The van der Waals surface area contributed by atoms with Crippen LogP contribution in [0.2, 0.25) is 0 Å². The lowest BCUT2D eigenvalue weighted by Gasteiger charge is -2.42. The Kier molecular flexibility index (Phi) is 3.37. The van der Waals surface area contributed by atoms with E-state index in [9.17, 15) is 0 Å². The Morgan fingerprint density at radius 2 is 1.95 bits per heavy atom. The summed E-state index contributed by atoms with van der Waals surface area (Å²) in [7, 11) is 3.38. The van der Waals surface area contributed by atoms with E-state index >= 15 is 0 Å². The van der Waals surface area contributed by atoms with Crippen LogP contribution in [-0.2, 0) is 11.2 Å². The number of fused-ring (bicyclic) bond motifs is 3. The van der Waals surface area contributed by atoms with Crippen molar-refractivity contribution in [2.24, 2.45) is 0 Å². The molecule has 0 aromatic heterocycles. The molecule has 2 aliphatic heterocycles. The zero-order chi connectivity index (χ0) is 13.4. The lowest BCUT2D eigenvalue weighted by molar-refractivity contribution is -0.0937. The van der Waals surface area contributed by atoms with E-state index in [0.29, 0.717) is 12.1 Å². The molecule has 0 bridgehead atoms. The summed E-state index contributed by atoms with van der Waals surface area (Å²) in [6.07, 6.45) is 2.41. The van der Waals surface area contributed by atoms with Gasteiger partial charge in [0.2, 0.25) is 0 Å². The van der Waals surface area contributed by atoms with E-state index in [1.54, 1.807) is 14.2 Å². The number of nitrogens with zero attached hydrogens (tertiary/aromatic N) is 1.